The van der Waals surface area contributed by atoms with Gasteiger partial charge in [0.2, 0.25) is 11.8 Å². The molecule has 0 aliphatic carbocycles. The Morgan fingerprint density at radius 2 is 1.88 bits per heavy atom. The second-order valence-corrected chi connectivity index (χ2v) is 11.0. The van der Waals surface area contributed by atoms with Crippen molar-refractivity contribution in [1.82, 2.24) is 15.1 Å². The zero-order chi connectivity index (χ0) is 23.6. The van der Waals surface area contributed by atoms with E-state index in [0.717, 1.165) is 30.9 Å². The molecule has 0 radical (unpaired) electrons. The predicted molar refractivity (Wildman–Crippen MR) is 136 cm³/mol. The third kappa shape index (κ3) is 3.82. The second-order valence-electron chi connectivity index (χ2n) is 9.74. The molecule has 2 aromatic carbocycles. The van der Waals surface area contributed by atoms with E-state index in [2.05, 4.69) is 38.2 Å². The number of amides is 2. The maximum absolute atomic E-state index is 12.4. The van der Waals surface area contributed by atoms with Crippen LogP contribution in [0.25, 0.3) is 0 Å². The molecule has 2 aromatic rings. The Hall–Kier alpha value is -1.77. The van der Waals surface area contributed by atoms with Gasteiger partial charge in [0, 0.05) is 44.7 Å². The molecule has 2 amide bonds. The number of rotatable bonds is 4. The number of benzene rings is 2. The second kappa shape index (κ2) is 8.71. The minimum atomic E-state index is -0.310. The van der Waals surface area contributed by atoms with E-state index in [-0.39, 0.29) is 23.2 Å². The molecule has 2 bridgehead atoms. The van der Waals surface area contributed by atoms with Crippen LogP contribution >= 0.6 is 35.8 Å². The SMILES string of the molecule is O=C1CCC(N2Cc3cc(CN4C5CC4CN(c4cccc(Cl)c4Cl)C5)ccc3C2S)C(=O)N1. The van der Waals surface area contributed by atoms with E-state index in [0.29, 0.717) is 41.5 Å². The van der Waals surface area contributed by atoms with Crippen molar-refractivity contribution in [1.29, 1.82) is 0 Å². The number of nitrogens with one attached hydrogen (secondary N) is 1. The molecular formula is C25H26Cl2N4O2S. The number of piperidine rings is 2. The average molecular weight is 517 g/mol. The van der Waals surface area contributed by atoms with Crippen LogP contribution in [0, 0.1) is 0 Å². The topological polar surface area (TPSA) is 55.9 Å². The molecule has 5 heterocycles. The van der Waals surface area contributed by atoms with Gasteiger partial charge in [0.15, 0.2) is 0 Å². The Morgan fingerprint density at radius 1 is 1.09 bits per heavy atom. The summed E-state index contributed by atoms with van der Waals surface area (Å²) in [5.74, 6) is -0.395. The first-order valence-corrected chi connectivity index (χ1v) is 13.0. The molecule has 4 fully saturated rings. The minimum absolute atomic E-state index is 0.132. The highest BCUT2D eigenvalue weighted by atomic mass is 35.5. The lowest BCUT2D eigenvalue weighted by Crippen LogP contribution is -2.68. The maximum atomic E-state index is 12.4. The van der Waals surface area contributed by atoms with Gasteiger partial charge in [0.25, 0.3) is 0 Å². The summed E-state index contributed by atoms with van der Waals surface area (Å²) < 4.78 is 0. The van der Waals surface area contributed by atoms with E-state index in [9.17, 15) is 9.59 Å². The molecule has 0 aromatic heterocycles. The Bertz CT molecular complexity index is 1170. The molecule has 4 saturated heterocycles. The molecule has 7 rings (SSSR count). The Kier molecular flexibility index (Phi) is 5.81. The van der Waals surface area contributed by atoms with Gasteiger partial charge in [-0.05, 0) is 41.7 Å². The summed E-state index contributed by atoms with van der Waals surface area (Å²) >= 11 is 17.5. The van der Waals surface area contributed by atoms with Crippen molar-refractivity contribution in [3.05, 3.63) is 63.1 Å². The fraction of sp³-hybridized carbons (Fsp3) is 0.440. The molecule has 4 unspecified atom stereocenters. The molecule has 5 aliphatic rings. The summed E-state index contributed by atoms with van der Waals surface area (Å²) in [6.45, 7) is 3.49. The zero-order valence-electron chi connectivity index (χ0n) is 18.6. The number of piperazine rings is 1. The molecule has 178 valence electrons. The summed E-state index contributed by atoms with van der Waals surface area (Å²) in [6, 6.07) is 13.1. The van der Waals surface area contributed by atoms with Crippen molar-refractivity contribution >= 4 is 53.3 Å². The van der Waals surface area contributed by atoms with Crippen molar-refractivity contribution < 1.29 is 9.59 Å². The van der Waals surface area contributed by atoms with Crippen LogP contribution in [0.1, 0.15) is 41.3 Å². The third-order valence-electron chi connectivity index (χ3n) is 7.74. The van der Waals surface area contributed by atoms with Crippen LogP contribution in [-0.2, 0) is 22.7 Å². The molecule has 6 nitrogen and oxygen atoms in total. The summed E-state index contributed by atoms with van der Waals surface area (Å²) in [7, 11) is 0. The van der Waals surface area contributed by atoms with Crippen LogP contribution in [0.5, 0.6) is 0 Å². The van der Waals surface area contributed by atoms with Gasteiger partial charge in [-0.25, -0.2) is 0 Å². The van der Waals surface area contributed by atoms with Crippen LogP contribution in [0.3, 0.4) is 0 Å². The number of nitrogens with zero attached hydrogens (tertiary/aromatic N) is 3. The normalized spacial score (nSPS) is 29.1. The first kappa shape index (κ1) is 22.7. The first-order valence-electron chi connectivity index (χ1n) is 11.7. The molecule has 34 heavy (non-hydrogen) atoms. The van der Waals surface area contributed by atoms with Crippen LogP contribution in [-0.4, -0.2) is 52.8 Å². The maximum Gasteiger partial charge on any atom is 0.243 e. The fourth-order valence-electron chi connectivity index (χ4n) is 5.98. The largest absolute Gasteiger partial charge is 0.367 e. The van der Waals surface area contributed by atoms with Gasteiger partial charge in [-0.2, -0.15) is 12.6 Å². The lowest BCUT2D eigenvalue weighted by molar-refractivity contribution is -0.137. The number of anilines is 1. The average Bonchev–Trinajstić information content (AvgIpc) is 3.14. The summed E-state index contributed by atoms with van der Waals surface area (Å²) in [6.07, 6.45) is 2.14. The van der Waals surface area contributed by atoms with Gasteiger partial charge in [-0.15, -0.1) is 0 Å². The van der Waals surface area contributed by atoms with Gasteiger partial charge < -0.3 is 4.90 Å². The highest BCUT2D eigenvalue weighted by Crippen LogP contribution is 2.42. The first-order chi connectivity index (χ1) is 16.4. The van der Waals surface area contributed by atoms with Gasteiger partial charge in [0.05, 0.1) is 27.1 Å². The van der Waals surface area contributed by atoms with Gasteiger partial charge in [0.1, 0.15) is 0 Å². The zero-order valence-corrected chi connectivity index (χ0v) is 21.0. The molecule has 0 spiro atoms. The molecule has 1 N–H and O–H groups in total. The number of hydrogen-bond donors (Lipinski definition) is 2. The van der Waals surface area contributed by atoms with Crippen molar-refractivity contribution in [3.63, 3.8) is 0 Å². The van der Waals surface area contributed by atoms with Gasteiger partial charge >= 0.3 is 0 Å². The number of imide groups is 1. The number of carbonyl (C=O) groups excluding carboxylic acids is 2. The smallest absolute Gasteiger partial charge is 0.243 e. The van der Waals surface area contributed by atoms with Crippen molar-refractivity contribution in [2.45, 2.75) is 55.9 Å². The van der Waals surface area contributed by atoms with E-state index in [4.69, 9.17) is 35.8 Å². The van der Waals surface area contributed by atoms with Crippen molar-refractivity contribution in [3.8, 4) is 0 Å². The van der Waals surface area contributed by atoms with Crippen LogP contribution in [0.4, 0.5) is 5.69 Å². The van der Waals surface area contributed by atoms with E-state index >= 15 is 0 Å². The standard InChI is InChI=1S/C25H26Cl2N4O2S/c26-19-2-1-3-20(23(19)27)29-12-16-9-17(13-29)30(16)10-14-4-5-18-15(8-14)11-31(25(18)34)21-6-7-22(32)28-24(21)33/h1-5,8,16-17,21,25,34H,6-7,9-13H2,(H,28,32,33). The quantitative estimate of drug-likeness (QED) is 0.475. The van der Waals surface area contributed by atoms with Crippen LogP contribution in [0.15, 0.2) is 36.4 Å². The molecule has 9 heteroatoms. The molecule has 4 atom stereocenters. The summed E-state index contributed by atoms with van der Waals surface area (Å²) in [5, 5.41) is 3.57. The summed E-state index contributed by atoms with van der Waals surface area (Å²) in [4.78, 5) is 31.0. The number of thiol groups is 1. The molecule has 5 aliphatic heterocycles. The number of fused-ring (bicyclic) bond motifs is 3. The summed E-state index contributed by atoms with van der Waals surface area (Å²) in [5.41, 5.74) is 4.69. The van der Waals surface area contributed by atoms with Crippen molar-refractivity contribution in [2.75, 3.05) is 18.0 Å². The monoisotopic (exact) mass is 516 g/mol. The number of carbonyl (C=O) groups is 2. The Balaban J connectivity index is 1.13. The van der Waals surface area contributed by atoms with Gasteiger partial charge in [-0.1, -0.05) is 47.5 Å². The lowest BCUT2D eigenvalue weighted by atomic mass is 9.86. The highest BCUT2D eigenvalue weighted by Gasteiger charge is 2.45. The number of halogens is 2. The lowest BCUT2D eigenvalue weighted by Gasteiger charge is -2.57. The Labute approximate surface area is 214 Å². The van der Waals surface area contributed by atoms with Crippen LogP contribution in [0.2, 0.25) is 10.0 Å². The predicted octanol–water partition coefficient (Wildman–Crippen LogP) is 4.01. The van der Waals surface area contributed by atoms with E-state index in [1.807, 2.05) is 18.2 Å². The number of hydrogen-bond acceptors (Lipinski definition) is 6. The van der Waals surface area contributed by atoms with Gasteiger partial charge in [-0.3, -0.25) is 24.7 Å². The fourth-order valence-corrected chi connectivity index (χ4v) is 6.89. The van der Waals surface area contributed by atoms with E-state index in [1.165, 1.54) is 17.5 Å². The third-order valence-corrected chi connectivity index (χ3v) is 9.13. The Morgan fingerprint density at radius 3 is 2.65 bits per heavy atom. The van der Waals surface area contributed by atoms with E-state index in [1.54, 1.807) is 0 Å². The molecular weight excluding hydrogens is 491 g/mol. The van der Waals surface area contributed by atoms with E-state index < -0.39 is 0 Å². The highest BCUT2D eigenvalue weighted by molar-refractivity contribution is 7.80. The van der Waals surface area contributed by atoms with Crippen LogP contribution < -0.4 is 10.2 Å². The van der Waals surface area contributed by atoms with Crippen molar-refractivity contribution in [2.24, 2.45) is 0 Å². The molecule has 0 saturated carbocycles. The minimum Gasteiger partial charge on any atom is -0.367 e.